The lowest BCUT2D eigenvalue weighted by molar-refractivity contribution is -0.124. The molecule has 2 aliphatic rings. The van der Waals surface area contributed by atoms with Crippen LogP contribution in [0.15, 0.2) is 24.7 Å². The monoisotopic (exact) mass is 349 g/mol. The molecule has 0 bridgehead atoms. The Morgan fingerprint density at radius 3 is 2.58 bits per heavy atom. The Hall–Kier alpha value is -2.65. The summed E-state index contributed by atoms with van der Waals surface area (Å²) in [5.41, 5.74) is 8.79. The smallest absolute Gasteiger partial charge is 0.148 e. The number of nitrogens with zero attached hydrogens (tertiary/aromatic N) is 4. The molecule has 2 N–H and O–H groups in total. The van der Waals surface area contributed by atoms with Gasteiger partial charge in [-0.25, -0.2) is 15.0 Å². The Morgan fingerprint density at radius 1 is 1.15 bits per heavy atom. The number of piperidine rings is 1. The van der Waals surface area contributed by atoms with Gasteiger partial charge in [0, 0.05) is 30.3 Å². The highest BCUT2D eigenvalue weighted by Gasteiger charge is 2.41. The van der Waals surface area contributed by atoms with E-state index in [0.717, 1.165) is 68.2 Å². The van der Waals surface area contributed by atoms with Crippen LogP contribution in [0.5, 0.6) is 0 Å². The fourth-order valence-corrected chi connectivity index (χ4v) is 3.53. The molecule has 26 heavy (non-hydrogen) atoms. The second-order valence-corrected chi connectivity index (χ2v) is 7.07. The van der Waals surface area contributed by atoms with Gasteiger partial charge in [-0.1, -0.05) is 18.8 Å². The van der Waals surface area contributed by atoms with Gasteiger partial charge in [0.05, 0.1) is 24.5 Å². The van der Waals surface area contributed by atoms with Crippen LogP contribution in [-0.4, -0.2) is 41.3 Å². The third-order valence-electron chi connectivity index (χ3n) is 5.30. The minimum Gasteiger partial charge on any atom is -0.384 e. The average Bonchev–Trinajstić information content (AvgIpc) is 2.66. The molecule has 134 valence electrons. The maximum atomic E-state index is 5.64. The van der Waals surface area contributed by atoms with Crippen LogP contribution in [0.25, 0.3) is 0 Å². The number of nitrogens with two attached hydrogens (primary N) is 1. The first kappa shape index (κ1) is 16.8. The van der Waals surface area contributed by atoms with E-state index in [9.17, 15) is 0 Å². The molecule has 1 spiro atoms. The molecular weight excluding hydrogens is 326 g/mol. The fraction of sp³-hybridized carbons (Fsp3) is 0.450. The first-order valence-corrected chi connectivity index (χ1v) is 9.09. The Morgan fingerprint density at radius 2 is 1.96 bits per heavy atom. The maximum absolute atomic E-state index is 5.64. The molecule has 0 atom stereocenters. The fourth-order valence-electron chi connectivity index (χ4n) is 3.53. The highest BCUT2D eigenvalue weighted by atomic mass is 16.5. The van der Waals surface area contributed by atoms with Crippen molar-refractivity contribution in [2.24, 2.45) is 5.41 Å². The number of aromatic nitrogens is 3. The van der Waals surface area contributed by atoms with Gasteiger partial charge < -0.3 is 15.4 Å². The van der Waals surface area contributed by atoms with Crippen LogP contribution >= 0.6 is 0 Å². The Labute approximate surface area is 153 Å². The lowest BCUT2D eigenvalue weighted by Crippen LogP contribution is -2.51. The van der Waals surface area contributed by atoms with E-state index in [4.69, 9.17) is 10.5 Å². The van der Waals surface area contributed by atoms with Crippen molar-refractivity contribution in [1.29, 1.82) is 0 Å². The number of aryl methyl sites for hydroxylation is 1. The highest BCUT2D eigenvalue weighted by molar-refractivity contribution is 5.59. The average molecular weight is 349 g/mol. The van der Waals surface area contributed by atoms with Gasteiger partial charge in [0.25, 0.3) is 0 Å². The Kier molecular flexibility index (Phi) is 4.48. The lowest BCUT2D eigenvalue weighted by Gasteiger charge is -2.47. The van der Waals surface area contributed by atoms with E-state index in [0.29, 0.717) is 11.2 Å². The van der Waals surface area contributed by atoms with Gasteiger partial charge in [-0.05, 0) is 31.4 Å². The van der Waals surface area contributed by atoms with Gasteiger partial charge in [0.15, 0.2) is 0 Å². The summed E-state index contributed by atoms with van der Waals surface area (Å²) in [6.45, 7) is 5.88. The number of pyridine rings is 1. The summed E-state index contributed by atoms with van der Waals surface area (Å²) in [6.07, 6.45) is 6.46. The van der Waals surface area contributed by atoms with E-state index in [1.54, 1.807) is 18.6 Å². The number of hydrogen-bond acceptors (Lipinski definition) is 6. The number of ether oxygens (including phenoxy) is 1. The molecular formula is C20H23N5O. The first-order valence-electron chi connectivity index (χ1n) is 9.09. The van der Waals surface area contributed by atoms with E-state index < -0.39 is 0 Å². The normalized spacial score (nSPS) is 18.1. The van der Waals surface area contributed by atoms with Crippen LogP contribution in [0, 0.1) is 17.3 Å². The molecule has 0 unspecified atom stereocenters. The second-order valence-electron chi connectivity index (χ2n) is 7.07. The van der Waals surface area contributed by atoms with Crippen molar-refractivity contribution in [3.05, 3.63) is 41.5 Å². The zero-order valence-electron chi connectivity index (χ0n) is 15.0. The second kappa shape index (κ2) is 6.93. The number of rotatable bonds is 2. The van der Waals surface area contributed by atoms with Crippen molar-refractivity contribution in [3.63, 3.8) is 0 Å². The molecule has 2 fully saturated rings. The Bertz CT molecular complexity index is 839. The van der Waals surface area contributed by atoms with Crippen molar-refractivity contribution < 1.29 is 4.74 Å². The maximum Gasteiger partial charge on any atom is 0.148 e. The van der Waals surface area contributed by atoms with E-state index >= 15 is 0 Å². The predicted octanol–water partition coefficient (Wildman–Crippen LogP) is 2.03. The van der Waals surface area contributed by atoms with E-state index in [1.807, 2.05) is 6.07 Å². The zero-order chi connectivity index (χ0) is 18.0. The first-order chi connectivity index (χ1) is 12.7. The molecule has 2 aromatic heterocycles. The Balaban J connectivity index is 1.62. The molecule has 4 heterocycles. The number of hydrogen-bond donors (Lipinski definition) is 1. The molecule has 4 rings (SSSR count). The van der Waals surface area contributed by atoms with Crippen LogP contribution in [0.2, 0.25) is 0 Å². The molecule has 0 aromatic carbocycles. The minimum absolute atomic E-state index is 0.401. The third kappa shape index (κ3) is 3.23. The third-order valence-corrected chi connectivity index (χ3v) is 5.30. The molecule has 6 heteroatoms. The van der Waals surface area contributed by atoms with E-state index in [2.05, 4.69) is 38.6 Å². The molecule has 0 radical (unpaired) electrons. The van der Waals surface area contributed by atoms with E-state index in [-0.39, 0.29) is 0 Å². The number of anilines is 2. The van der Waals surface area contributed by atoms with Crippen molar-refractivity contribution >= 4 is 11.6 Å². The summed E-state index contributed by atoms with van der Waals surface area (Å²) in [4.78, 5) is 15.5. The molecule has 2 aromatic rings. The van der Waals surface area contributed by atoms with E-state index in [1.165, 1.54) is 0 Å². The SMILES string of the molecule is CCc1ncnc(N2CCC3(CC2)COC3)c1C#Cc1ccc(N)nc1. The van der Waals surface area contributed by atoms with Crippen molar-refractivity contribution in [2.45, 2.75) is 26.2 Å². The lowest BCUT2D eigenvalue weighted by atomic mass is 9.77. The molecule has 0 saturated carbocycles. The largest absolute Gasteiger partial charge is 0.384 e. The summed E-state index contributed by atoms with van der Waals surface area (Å²) in [5.74, 6) is 7.92. The standard InChI is InChI=1S/C20H23N5O/c1-2-17-16(5-3-15-4-6-18(21)22-11-15)19(24-14-23-17)25-9-7-20(8-10-25)12-26-13-20/h4,6,11,14H,2,7-10,12-13H2,1H3,(H2,21,22). The molecule has 2 aliphatic heterocycles. The highest BCUT2D eigenvalue weighted by Crippen LogP contribution is 2.39. The predicted molar refractivity (Wildman–Crippen MR) is 101 cm³/mol. The van der Waals surface area contributed by atoms with Gasteiger partial charge in [0.1, 0.15) is 18.0 Å². The molecule has 2 saturated heterocycles. The minimum atomic E-state index is 0.401. The zero-order valence-corrected chi connectivity index (χ0v) is 15.0. The summed E-state index contributed by atoms with van der Waals surface area (Å²) in [5, 5.41) is 0. The van der Waals surface area contributed by atoms with Crippen molar-refractivity contribution in [2.75, 3.05) is 36.9 Å². The van der Waals surface area contributed by atoms with Crippen LogP contribution in [0.3, 0.4) is 0 Å². The summed E-state index contributed by atoms with van der Waals surface area (Å²) in [7, 11) is 0. The van der Waals surface area contributed by atoms with Crippen LogP contribution in [0.4, 0.5) is 11.6 Å². The van der Waals surface area contributed by atoms with Crippen molar-refractivity contribution in [1.82, 2.24) is 15.0 Å². The van der Waals surface area contributed by atoms with Crippen LogP contribution in [0.1, 0.15) is 36.6 Å². The molecule has 0 aliphatic carbocycles. The summed E-state index contributed by atoms with van der Waals surface area (Å²) >= 11 is 0. The molecule has 0 amide bonds. The number of nitrogen functional groups attached to an aromatic ring is 1. The van der Waals surface area contributed by atoms with Gasteiger partial charge in [-0.2, -0.15) is 0 Å². The summed E-state index contributed by atoms with van der Waals surface area (Å²) < 4.78 is 5.43. The van der Waals surface area contributed by atoms with Gasteiger partial charge in [-0.3, -0.25) is 0 Å². The van der Waals surface area contributed by atoms with Gasteiger partial charge in [-0.15, -0.1) is 0 Å². The van der Waals surface area contributed by atoms with Gasteiger partial charge >= 0.3 is 0 Å². The van der Waals surface area contributed by atoms with Crippen molar-refractivity contribution in [3.8, 4) is 11.8 Å². The quantitative estimate of drug-likeness (QED) is 0.836. The van der Waals surface area contributed by atoms with Crippen LogP contribution < -0.4 is 10.6 Å². The van der Waals surface area contributed by atoms with Crippen LogP contribution in [-0.2, 0) is 11.2 Å². The molecule has 6 nitrogen and oxygen atoms in total. The topological polar surface area (TPSA) is 77.2 Å². The van der Waals surface area contributed by atoms with Gasteiger partial charge in [0.2, 0.25) is 0 Å². The summed E-state index contributed by atoms with van der Waals surface area (Å²) in [6, 6.07) is 3.64.